The van der Waals surface area contributed by atoms with Gasteiger partial charge in [0.25, 0.3) is 5.91 Å². The minimum Gasteiger partial charge on any atom is -0.346 e. The van der Waals surface area contributed by atoms with Crippen LogP contribution in [0.4, 0.5) is 5.95 Å². The molecule has 1 amide bonds. The number of hydrogen-bond donors (Lipinski definition) is 2. The Morgan fingerprint density at radius 3 is 2.57 bits per heavy atom. The Hall–Kier alpha value is -2.97. The number of likely N-dealkylation sites (tertiary alicyclic amines) is 1. The van der Waals surface area contributed by atoms with Crippen molar-refractivity contribution in [2.45, 2.75) is 6.54 Å². The van der Waals surface area contributed by atoms with E-state index in [0.717, 1.165) is 32.7 Å². The van der Waals surface area contributed by atoms with Gasteiger partial charge in [0.1, 0.15) is 0 Å². The lowest BCUT2D eigenvalue weighted by molar-refractivity contribution is -0.0291. The van der Waals surface area contributed by atoms with Crippen molar-refractivity contribution in [1.82, 2.24) is 24.9 Å². The van der Waals surface area contributed by atoms with E-state index in [9.17, 15) is 4.79 Å². The summed E-state index contributed by atoms with van der Waals surface area (Å²) in [4.78, 5) is 24.4. The van der Waals surface area contributed by atoms with Crippen LogP contribution in [0.3, 0.4) is 0 Å². The maximum Gasteiger partial charge on any atom is 0.277 e. The minimum atomic E-state index is -0.602. The molecule has 2 saturated heterocycles. The molecule has 0 aliphatic carbocycles. The molecule has 0 bridgehead atoms. The second-order valence-corrected chi connectivity index (χ2v) is 7.97. The molecule has 3 aromatic rings. The number of carbonyl (C=O) groups is 1. The van der Waals surface area contributed by atoms with Gasteiger partial charge >= 0.3 is 0 Å². The highest BCUT2D eigenvalue weighted by molar-refractivity contribution is 5.92. The fraction of sp³-hybridized carbons (Fsp3) is 0.350. The number of hydrogen-bond acceptors (Lipinski definition) is 6. The number of para-hydroxylation sites is 1. The van der Waals surface area contributed by atoms with Crippen LogP contribution in [-0.4, -0.2) is 56.7 Å². The second kappa shape index (κ2) is 6.29. The number of fused-ring (bicyclic) bond motifs is 1. The van der Waals surface area contributed by atoms with E-state index in [1.165, 1.54) is 29.0 Å². The van der Waals surface area contributed by atoms with Crippen LogP contribution in [0.2, 0.25) is 0 Å². The average molecular weight is 378 g/mol. The Kier molecular flexibility index (Phi) is 3.85. The first kappa shape index (κ1) is 17.2. The molecule has 2 aliphatic rings. The lowest BCUT2D eigenvalue weighted by Gasteiger charge is -2.60. The average Bonchev–Trinajstić information content (AvgIpc) is 2.98. The molecule has 2 fully saturated rings. The van der Waals surface area contributed by atoms with Crippen molar-refractivity contribution in [3.8, 4) is 0 Å². The standard InChI is InChI=1S/C20H22N6O2/c1-24-16(6-14-4-2-3-5-17(14)24)9-25-10-20(11-25)12-26(13-20)19-21-7-15(8-22-19)18(27)23-28/h2-8,28H,9-13H2,1H3,(H,23,27). The number of aryl methyl sites for hydroxylation is 1. The third-order valence-corrected chi connectivity index (χ3v) is 5.89. The summed E-state index contributed by atoms with van der Waals surface area (Å²) in [6, 6.07) is 10.8. The molecular formula is C20H22N6O2. The molecule has 4 heterocycles. The Labute approximate surface area is 162 Å². The number of amides is 1. The summed E-state index contributed by atoms with van der Waals surface area (Å²) < 4.78 is 2.28. The van der Waals surface area contributed by atoms with Crippen LogP contribution in [0.5, 0.6) is 0 Å². The van der Waals surface area contributed by atoms with Gasteiger partial charge in [-0.25, -0.2) is 15.4 Å². The lowest BCUT2D eigenvalue weighted by atomic mass is 9.73. The highest BCUT2D eigenvalue weighted by Gasteiger charge is 2.52. The van der Waals surface area contributed by atoms with E-state index in [4.69, 9.17) is 5.21 Å². The Morgan fingerprint density at radius 2 is 1.89 bits per heavy atom. The van der Waals surface area contributed by atoms with E-state index in [0.29, 0.717) is 11.4 Å². The normalized spacial score (nSPS) is 18.1. The maximum absolute atomic E-state index is 11.3. The molecule has 28 heavy (non-hydrogen) atoms. The van der Waals surface area contributed by atoms with Gasteiger partial charge in [0.2, 0.25) is 5.95 Å². The number of hydroxylamine groups is 1. The lowest BCUT2D eigenvalue weighted by Crippen LogP contribution is -2.72. The molecule has 0 unspecified atom stereocenters. The monoisotopic (exact) mass is 378 g/mol. The maximum atomic E-state index is 11.3. The third-order valence-electron chi connectivity index (χ3n) is 5.89. The highest BCUT2D eigenvalue weighted by atomic mass is 16.5. The fourth-order valence-electron chi connectivity index (χ4n) is 4.51. The van der Waals surface area contributed by atoms with Crippen molar-refractivity contribution in [1.29, 1.82) is 0 Å². The van der Waals surface area contributed by atoms with Gasteiger partial charge in [-0.1, -0.05) is 18.2 Å². The summed E-state index contributed by atoms with van der Waals surface area (Å²) in [5, 5.41) is 9.94. The van der Waals surface area contributed by atoms with Crippen molar-refractivity contribution in [2.75, 3.05) is 31.1 Å². The van der Waals surface area contributed by atoms with Crippen molar-refractivity contribution < 1.29 is 10.0 Å². The Balaban J connectivity index is 1.18. The van der Waals surface area contributed by atoms with Crippen molar-refractivity contribution in [2.24, 2.45) is 12.5 Å². The van der Waals surface area contributed by atoms with Gasteiger partial charge in [-0.15, -0.1) is 0 Å². The molecule has 5 rings (SSSR count). The van der Waals surface area contributed by atoms with Gasteiger partial charge in [-0.3, -0.25) is 14.9 Å². The summed E-state index contributed by atoms with van der Waals surface area (Å²) in [5.74, 6) is 0.0295. The van der Waals surface area contributed by atoms with Gasteiger partial charge in [0.15, 0.2) is 0 Å². The van der Waals surface area contributed by atoms with Crippen LogP contribution in [0, 0.1) is 5.41 Å². The Bertz CT molecular complexity index is 1030. The zero-order chi connectivity index (χ0) is 19.3. The molecule has 144 valence electrons. The van der Waals surface area contributed by atoms with E-state index >= 15 is 0 Å². The molecule has 2 aromatic heterocycles. The molecule has 1 spiro atoms. The van der Waals surface area contributed by atoms with Crippen molar-refractivity contribution >= 4 is 22.8 Å². The number of benzene rings is 1. The first-order chi connectivity index (χ1) is 13.6. The Morgan fingerprint density at radius 1 is 1.18 bits per heavy atom. The van der Waals surface area contributed by atoms with E-state index in [2.05, 4.69) is 61.7 Å². The second-order valence-electron chi connectivity index (χ2n) is 7.97. The van der Waals surface area contributed by atoms with E-state index < -0.39 is 5.91 Å². The zero-order valence-electron chi connectivity index (χ0n) is 15.7. The summed E-state index contributed by atoms with van der Waals surface area (Å²) >= 11 is 0. The molecule has 1 aromatic carbocycles. The summed E-state index contributed by atoms with van der Waals surface area (Å²) in [6.07, 6.45) is 2.87. The minimum absolute atomic E-state index is 0.242. The highest BCUT2D eigenvalue weighted by Crippen LogP contribution is 2.41. The van der Waals surface area contributed by atoms with Gasteiger partial charge in [-0.2, -0.15) is 0 Å². The van der Waals surface area contributed by atoms with Crippen LogP contribution in [0.25, 0.3) is 10.9 Å². The first-order valence-corrected chi connectivity index (χ1v) is 9.34. The molecule has 2 aliphatic heterocycles. The summed E-state index contributed by atoms with van der Waals surface area (Å²) in [6.45, 7) is 4.99. The van der Waals surface area contributed by atoms with Crippen LogP contribution >= 0.6 is 0 Å². The molecule has 0 saturated carbocycles. The van der Waals surface area contributed by atoms with Gasteiger partial charge in [-0.05, 0) is 17.5 Å². The molecular weight excluding hydrogens is 356 g/mol. The van der Waals surface area contributed by atoms with Gasteiger partial charge < -0.3 is 9.47 Å². The fourth-order valence-corrected chi connectivity index (χ4v) is 4.51. The number of aromatic nitrogens is 3. The van der Waals surface area contributed by atoms with Gasteiger partial charge in [0, 0.05) is 68.8 Å². The molecule has 8 heteroatoms. The number of anilines is 1. The molecule has 0 radical (unpaired) electrons. The SMILES string of the molecule is Cn1c(CN2CC3(C2)CN(c2ncc(C(=O)NO)cn2)C3)cc2ccccc21. The van der Waals surface area contributed by atoms with E-state index in [1.807, 2.05) is 0 Å². The number of nitrogens with one attached hydrogen (secondary N) is 1. The van der Waals surface area contributed by atoms with Crippen LogP contribution in [-0.2, 0) is 13.6 Å². The quantitative estimate of drug-likeness (QED) is 0.527. The van der Waals surface area contributed by atoms with E-state index in [-0.39, 0.29) is 5.56 Å². The predicted molar refractivity (Wildman–Crippen MR) is 104 cm³/mol. The van der Waals surface area contributed by atoms with Crippen LogP contribution < -0.4 is 10.4 Å². The first-order valence-electron chi connectivity index (χ1n) is 9.34. The zero-order valence-corrected chi connectivity index (χ0v) is 15.7. The smallest absolute Gasteiger partial charge is 0.277 e. The van der Waals surface area contributed by atoms with E-state index in [1.54, 1.807) is 5.48 Å². The molecule has 2 N–H and O–H groups in total. The number of carbonyl (C=O) groups excluding carboxylic acids is 1. The number of rotatable bonds is 4. The largest absolute Gasteiger partial charge is 0.346 e. The topological polar surface area (TPSA) is 86.5 Å². The third kappa shape index (κ3) is 2.73. The summed E-state index contributed by atoms with van der Waals surface area (Å²) in [5.41, 5.74) is 4.77. The molecule has 8 nitrogen and oxygen atoms in total. The van der Waals surface area contributed by atoms with Crippen LogP contribution in [0.15, 0.2) is 42.7 Å². The van der Waals surface area contributed by atoms with Gasteiger partial charge in [0.05, 0.1) is 5.56 Å². The van der Waals surface area contributed by atoms with Crippen LogP contribution in [0.1, 0.15) is 16.1 Å². The molecule has 0 atom stereocenters. The summed E-state index contributed by atoms with van der Waals surface area (Å²) in [7, 11) is 2.14. The number of nitrogens with zero attached hydrogens (tertiary/aromatic N) is 5. The predicted octanol–water partition coefficient (Wildman–Crippen LogP) is 1.41. The van der Waals surface area contributed by atoms with Crippen molar-refractivity contribution in [3.05, 3.63) is 54.0 Å². The van der Waals surface area contributed by atoms with Crippen molar-refractivity contribution in [3.63, 3.8) is 0 Å².